The summed E-state index contributed by atoms with van der Waals surface area (Å²) >= 11 is 0. The molecule has 0 aliphatic carbocycles. The summed E-state index contributed by atoms with van der Waals surface area (Å²) in [4.78, 5) is 6.85. The van der Waals surface area contributed by atoms with E-state index in [2.05, 4.69) is 47.1 Å². The highest BCUT2D eigenvalue weighted by Gasteiger charge is 2.10. The maximum Gasteiger partial charge on any atom is 0.194 e. The lowest BCUT2D eigenvalue weighted by Gasteiger charge is -2.23. The van der Waals surface area contributed by atoms with Crippen LogP contribution in [0, 0.1) is 0 Å². The van der Waals surface area contributed by atoms with E-state index in [1.807, 2.05) is 38.2 Å². The fraction of sp³-hybridized carbons (Fsp3) is 0.450. The molecule has 27 heavy (non-hydrogen) atoms. The number of hydrogen-bond acceptors (Lipinski definition) is 3. The number of hydrogen-bond donors (Lipinski definition) is 1. The molecule has 1 aromatic carbocycles. The largest absolute Gasteiger partial charge is 0.497 e. The Balaban J connectivity index is 0.00000364. The van der Waals surface area contributed by atoms with Crippen molar-refractivity contribution in [3.63, 3.8) is 0 Å². The Bertz CT molecular complexity index is 700. The number of methoxy groups -OCH3 is 1. The number of aliphatic imine (C=N–C) groups is 1. The molecule has 0 radical (unpaired) electrons. The normalized spacial score (nSPS) is 12.1. The van der Waals surface area contributed by atoms with E-state index < -0.39 is 0 Å². The summed E-state index contributed by atoms with van der Waals surface area (Å²) in [7, 11) is 5.75. The van der Waals surface area contributed by atoms with Crippen molar-refractivity contribution in [3.8, 4) is 11.5 Å². The van der Waals surface area contributed by atoms with Crippen molar-refractivity contribution in [2.75, 3.05) is 27.2 Å². The average Bonchev–Trinajstić information content (AvgIpc) is 3.04. The summed E-state index contributed by atoms with van der Waals surface area (Å²) in [5.74, 6) is 2.51. The lowest BCUT2D eigenvalue weighted by atomic mass is 10.3. The van der Waals surface area contributed by atoms with Crippen LogP contribution < -0.4 is 14.8 Å². The fourth-order valence-corrected chi connectivity index (χ4v) is 2.59. The standard InChI is InChI=1S/C20H30N4O2.HI/c1-6-21-20(24(4)15-17-8-7-13-23(17)3)22-14-16(2)26-19-11-9-18(25-5)10-12-19;/h7-13,16H,6,14-15H2,1-5H3,(H,21,22);1H. The molecule has 2 rings (SSSR count). The molecule has 0 aliphatic heterocycles. The van der Waals surface area contributed by atoms with Crippen molar-refractivity contribution in [1.82, 2.24) is 14.8 Å². The van der Waals surface area contributed by atoms with Gasteiger partial charge in [0.15, 0.2) is 5.96 Å². The zero-order chi connectivity index (χ0) is 18.9. The van der Waals surface area contributed by atoms with E-state index in [9.17, 15) is 0 Å². The van der Waals surface area contributed by atoms with Crippen LogP contribution in [0.1, 0.15) is 19.5 Å². The van der Waals surface area contributed by atoms with E-state index in [0.717, 1.165) is 30.5 Å². The van der Waals surface area contributed by atoms with Crippen molar-refractivity contribution in [2.45, 2.75) is 26.5 Å². The number of ether oxygens (including phenoxy) is 2. The van der Waals surface area contributed by atoms with E-state index in [4.69, 9.17) is 14.5 Å². The van der Waals surface area contributed by atoms with Gasteiger partial charge in [-0.1, -0.05) is 0 Å². The summed E-state index contributed by atoms with van der Waals surface area (Å²) in [6.45, 7) is 6.29. The summed E-state index contributed by atoms with van der Waals surface area (Å²) in [6.07, 6.45) is 2.03. The Morgan fingerprint density at radius 2 is 1.89 bits per heavy atom. The molecule has 0 fully saturated rings. The highest BCUT2D eigenvalue weighted by atomic mass is 127. The number of halogens is 1. The van der Waals surface area contributed by atoms with E-state index >= 15 is 0 Å². The maximum absolute atomic E-state index is 5.93. The number of nitrogens with one attached hydrogen (secondary N) is 1. The molecule has 2 aromatic rings. The fourth-order valence-electron chi connectivity index (χ4n) is 2.59. The molecule has 0 aliphatic rings. The molecule has 0 spiro atoms. The molecular formula is C20H31IN4O2. The van der Waals surface area contributed by atoms with Crippen LogP contribution in [-0.4, -0.2) is 48.8 Å². The molecule has 0 amide bonds. The van der Waals surface area contributed by atoms with Crippen LogP contribution in [0.2, 0.25) is 0 Å². The molecule has 1 heterocycles. The van der Waals surface area contributed by atoms with Gasteiger partial charge in [0.2, 0.25) is 0 Å². The number of benzene rings is 1. The van der Waals surface area contributed by atoms with Gasteiger partial charge in [0.1, 0.15) is 17.6 Å². The molecule has 1 aromatic heterocycles. The number of rotatable bonds is 8. The summed E-state index contributed by atoms with van der Waals surface area (Å²) in [5.41, 5.74) is 1.24. The number of aromatic nitrogens is 1. The molecule has 150 valence electrons. The SMILES string of the molecule is CCNC(=NCC(C)Oc1ccc(OC)cc1)N(C)Cc1cccn1C.I. The number of aryl methyl sites for hydroxylation is 1. The van der Waals surface area contributed by atoms with Crippen LogP contribution in [-0.2, 0) is 13.6 Å². The molecule has 0 bridgehead atoms. The van der Waals surface area contributed by atoms with Gasteiger partial charge < -0.3 is 24.3 Å². The first kappa shape index (κ1) is 23.1. The van der Waals surface area contributed by atoms with Crippen molar-refractivity contribution in [3.05, 3.63) is 48.3 Å². The quantitative estimate of drug-likeness (QED) is 0.353. The Labute approximate surface area is 179 Å². The lowest BCUT2D eigenvalue weighted by Crippen LogP contribution is -2.39. The van der Waals surface area contributed by atoms with Gasteiger partial charge in [-0.2, -0.15) is 0 Å². The van der Waals surface area contributed by atoms with Crippen LogP contribution in [0.5, 0.6) is 11.5 Å². The van der Waals surface area contributed by atoms with Crippen LogP contribution in [0.15, 0.2) is 47.6 Å². The molecule has 1 atom stereocenters. The summed E-state index contributed by atoms with van der Waals surface area (Å²) in [5, 5.41) is 3.34. The molecule has 1 N–H and O–H groups in total. The Morgan fingerprint density at radius 3 is 2.44 bits per heavy atom. The third-order valence-corrected chi connectivity index (χ3v) is 4.04. The second kappa shape index (κ2) is 11.7. The monoisotopic (exact) mass is 486 g/mol. The summed E-state index contributed by atoms with van der Waals surface area (Å²) < 4.78 is 13.2. The molecule has 0 saturated carbocycles. The minimum absolute atomic E-state index is 0. The predicted molar refractivity (Wildman–Crippen MR) is 121 cm³/mol. The smallest absolute Gasteiger partial charge is 0.194 e. The Kier molecular flexibility index (Phi) is 10.1. The lowest BCUT2D eigenvalue weighted by molar-refractivity contribution is 0.229. The second-order valence-electron chi connectivity index (χ2n) is 6.27. The first-order valence-corrected chi connectivity index (χ1v) is 8.93. The van der Waals surface area contributed by atoms with E-state index in [1.54, 1.807) is 7.11 Å². The van der Waals surface area contributed by atoms with Gasteiger partial charge in [0.25, 0.3) is 0 Å². The molecular weight excluding hydrogens is 455 g/mol. The van der Waals surface area contributed by atoms with Crippen molar-refractivity contribution in [1.29, 1.82) is 0 Å². The first-order valence-electron chi connectivity index (χ1n) is 8.93. The predicted octanol–water partition coefficient (Wildman–Crippen LogP) is 3.52. The Morgan fingerprint density at radius 1 is 1.22 bits per heavy atom. The van der Waals surface area contributed by atoms with E-state index in [-0.39, 0.29) is 30.1 Å². The van der Waals surface area contributed by atoms with Crippen molar-refractivity contribution in [2.24, 2.45) is 12.0 Å². The van der Waals surface area contributed by atoms with Gasteiger partial charge in [-0.25, -0.2) is 4.99 Å². The van der Waals surface area contributed by atoms with Gasteiger partial charge in [-0.05, 0) is 50.2 Å². The van der Waals surface area contributed by atoms with Crippen LogP contribution in [0.25, 0.3) is 0 Å². The average molecular weight is 486 g/mol. The molecule has 6 nitrogen and oxygen atoms in total. The first-order chi connectivity index (χ1) is 12.5. The number of nitrogens with zero attached hydrogens (tertiary/aromatic N) is 3. The molecule has 7 heteroatoms. The highest BCUT2D eigenvalue weighted by Crippen LogP contribution is 2.18. The molecule has 0 saturated heterocycles. The number of guanidine groups is 1. The summed E-state index contributed by atoms with van der Waals surface area (Å²) in [6, 6.07) is 11.8. The van der Waals surface area contributed by atoms with Gasteiger partial charge in [-0.15, -0.1) is 24.0 Å². The highest BCUT2D eigenvalue weighted by molar-refractivity contribution is 14.0. The van der Waals surface area contributed by atoms with Crippen molar-refractivity contribution >= 4 is 29.9 Å². The van der Waals surface area contributed by atoms with Gasteiger partial charge in [0.05, 0.1) is 20.2 Å². The minimum atomic E-state index is -0.0273. The molecule has 1 unspecified atom stereocenters. The second-order valence-corrected chi connectivity index (χ2v) is 6.27. The van der Waals surface area contributed by atoms with Crippen LogP contribution in [0.3, 0.4) is 0 Å². The van der Waals surface area contributed by atoms with Crippen molar-refractivity contribution < 1.29 is 9.47 Å². The van der Waals surface area contributed by atoms with Crippen LogP contribution >= 0.6 is 24.0 Å². The zero-order valence-electron chi connectivity index (χ0n) is 16.8. The van der Waals surface area contributed by atoms with Crippen LogP contribution in [0.4, 0.5) is 0 Å². The maximum atomic E-state index is 5.93. The van der Waals surface area contributed by atoms with E-state index in [1.165, 1.54) is 5.69 Å². The third-order valence-electron chi connectivity index (χ3n) is 4.04. The zero-order valence-corrected chi connectivity index (χ0v) is 19.1. The minimum Gasteiger partial charge on any atom is -0.497 e. The van der Waals surface area contributed by atoms with Gasteiger partial charge in [0, 0.05) is 32.5 Å². The van der Waals surface area contributed by atoms with Gasteiger partial charge in [-0.3, -0.25) is 0 Å². The Hall–Kier alpha value is -1.90. The van der Waals surface area contributed by atoms with Gasteiger partial charge >= 0.3 is 0 Å². The topological polar surface area (TPSA) is 51.0 Å². The van der Waals surface area contributed by atoms with E-state index in [0.29, 0.717) is 6.54 Å². The third kappa shape index (κ3) is 7.32.